The molecule has 9 heteroatoms. The monoisotopic (exact) mass is 471 g/mol. The Labute approximate surface area is 195 Å². The maximum Gasteiger partial charge on any atom is 0.234 e. The molecule has 1 fully saturated rings. The highest BCUT2D eigenvalue weighted by Crippen LogP contribution is 2.28. The van der Waals surface area contributed by atoms with Crippen LogP contribution in [-0.4, -0.2) is 47.8 Å². The van der Waals surface area contributed by atoms with Crippen molar-refractivity contribution in [1.82, 2.24) is 9.97 Å². The zero-order chi connectivity index (χ0) is 22.5. The molecule has 1 N–H and O–H groups in total. The van der Waals surface area contributed by atoms with E-state index < -0.39 is 0 Å². The topological polar surface area (TPSA) is 61.4 Å². The van der Waals surface area contributed by atoms with Gasteiger partial charge >= 0.3 is 0 Å². The van der Waals surface area contributed by atoms with Gasteiger partial charge in [0, 0.05) is 55.0 Å². The molecule has 0 atom stereocenters. The molecule has 3 aromatic rings. The maximum atomic E-state index is 13.2. The molecule has 0 aliphatic carbocycles. The number of amides is 1. The summed E-state index contributed by atoms with van der Waals surface area (Å²) < 4.78 is 13.2. The van der Waals surface area contributed by atoms with E-state index in [0.717, 1.165) is 48.3 Å². The summed E-state index contributed by atoms with van der Waals surface area (Å²) >= 11 is 7.49. The molecular formula is C23H23ClFN5OS. The van der Waals surface area contributed by atoms with Gasteiger partial charge in [0.05, 0.1) is 5.75 Å². The molecule has 0 radical (unpaired) electrons. The number of benzene rings is 2. The number of halogens is 2. The highest BCUT2D eigenvalue weighted by atomic mass is 35.5. The van der Waals surface area contributed by atoms with E-state index in [2.05, 4.69) is 25.1 Å². The Balaban J connectivity index is 1.36. The van der Waals surface area contributed by atoms with Crippen molar-refractivity contribution in [2.45, 2.75) is 11.9 Å². The average molecular weight is 472 g/mol. The third-order valence-corrected chi connectivity index (χ3v) is 6.68. The zero-order valence-electron chi connectivity index (χ0n) is 17.6. The molecular weight excluding hydrogens is 449 g/mol. The van der Waals surface area contributed by atoms with Crippen molar-refractivity contribution in [3.05, 3.63) is 71.3 Å². The first-order valence-electron chi connectivity index (χ1n) is 10.3. The first-order chi connectivity index (χ1) is 15.5. The van der Waals surface area contributed by atoms with Crippen LogP contribution >= 0.6 is 23.4 Å². The quantitative estimate of drug-likeness (QED) is 0.529. The summed E-state index contributed by atoms with van der Waals surface area (Å²) in [6, 6.07) is 12.0. The molecule has 0 spiro atoms. The van der Waals surface area contributed by atoms with Crippen LogP contribution < -0.4 is 15.1 Å². The molecule has 2 heterocycles. The van der Waals surface area contributed by atoms with Gasteiger partial charge in [0.2, 0.25) is 5.91 Å². The molecule has 1 amide bonds. The molecule has 1 aliphatic rings. The van der Waals surface area contributed by atoms with Crippen molar-refractivity contribution in [3.8, 4) is 0 Å². The van der Waals surface area contributed by atoms with Crippen LogP contribution in [0, 0.1) is 12.7 Å². The number of hydrogen-bond acceptors (Lipinski definition) is 6. The lowest BCUT2D eigenvalue weighted by molar-refractivity contribution is -0.113. The lowest BCUT2D eigenvalue weighted by atomic mass is 10.2. The molecule has 32 heavy (non-hydrogen) atoms. The Morgan fingerprint density at radius 3 is 2.50 bits per heavy atom. The number of rotatable bonds is 6. The van der Waals surface area contributed by atoms with E-state index in [1.54, 1.807) is 30.6 Å². The molecule has 6 nitrogen and oxygen atoms in total. The van der Waals surface area contributed by atoms with Gasteiger partial charge in [-0.3, -0.25) is 4.79 Å². The van der Waals surface area contributed by atoms with Gasteiger partial charge in [-0.25, -0.2) is 14.4 Å². The summed E-state index contributed by atoms with van der Waals surface area (Å²) in [4.78, 5) is 25.9. The van der Waals surface area contributed by atoms with Crippen LogP contribution in [0.3, 0.4) is 0 Å². The number of nitrogens with zero attached hydrogens (tertiary/aromatic N) is 4. The molecule has 0 unspecified atom stereocenters. The van der Waals surface area contributed by atoms with Gasteiger partial charge in [-0.2, -0.15) is 0 Å². The number of anilines is 3. The number of thioether (sulfide) groups is 1. The Morgan fingerprint density at radius 1 is 1.06 bits per heavy atom. The summed E-state index contributed by atoms with van der Waals surface area (Å²) in [6.45, 7) is 4.98. The minimum atomic E-state index is -0.233. The average Bonchev–Trinajstić information content (AvgIpc) is 2.82. The Kier molecular flexibility index (Phi) is 7.12. The standard InChI is InChI=1S/C23H23ClFN5OS/c1-16-19(24)3-2-4-20(16)28-21(31)15-32-23-22(26-9-10-27-23)30-13-11-29(12-14-30)18-7-5-17(25)6-8-18/h2-10H,11-15H2,1H3,(H,28,31). The van der Waals surface area contributed by atoms with Crippen molar-refractivity contribution in [2.75, 3.05) is 47.0 Å². The Morgan fingerprint density at radius 2 is 1.75 bits per heavy atom. The molecule has 0 bridgehead atoms. The SMILES string of the molecule is Cc1c(Cl)cccc1NC(=O)CSc1nccnc1N1CCN(c2ccc(F)cc2)CC1. The highest BCUT2D eigenvalue weighted by molar-refractivity contribution is 8.00. The fourth-order valence-corrected chi connectivity index (χ4v) is 4.49. The van der Waals surface area contributed by atoms with Crippen LogP contribution in [0.1, 0.15) is 5.56 Å². The smallest absolute Gasteiger partial charge is 0.234 e. The van der Waals surface area contributed by atoms with E-state index in [1.165, 1.54) is 23.9 Å². The van der Waals surface area contributed by atoms with E-state index in [4.69, 9.17) is 11.6 Å². The third kappa shape index (κ3) is 5.31. The van der Waals surface area contributed by atoms with E-state index in [1.807, 2.05) is 19.1 Å². The van der Waals surface area contributed by atoms with E-state index in [9.17, 15) is 9.18 Å². The Hall–Kier alpha value is -2.84. The largest absolute Gasteiger partial charge is 0.368 e. The lowest BCUT2D eigenvalue weighted by Gasteiger charge is -2.37. The number of nitrogens with one attached hydrogen (secondary N) is 1. The van der Waals surface area contributed by atoms with Gasteiger partial charge in [0.1, 0.15) is 10.8 Å². The third-order valence-electron chi connectivity index (χ3n) is 5.30. The number of carbonyl (C=O) groups is 1. The van der Waals surface area contributed by atoms with Crippen LogP contribution in [-0.2, 0) is 4.79 Å². The maximum absolute atomic E-state index is 13.2. The summed E-state index contributed by atoms with van der Waals surface area (Å²) in [5.41, 5.74) is 2.55. The van der Waals surface area contributed by atoms with Crippen LogP contribution in [0.4, 0.5) is 21.6 Å². The molecule has 2 aromatic carbocycles. The van der Waals surface area contributed by atoms with E-state index in [-0.39, 0.29) is 17.5 Å². The minimum Gasteiger partial charge on any atom is -0.368 e. The minimum absolute atomic E-state index is 0.127. The van der Waals surface area contributed by atoms with Crippen molar-refractivity contribution in [3.63, 3.8) is 0 Å². The van der Waals surface area contributed by atoms with Crippen LogP contribution in [0.25, 0.3) is 0 Å². The predicted octanol–water partition coefficient (Wildman–Crippen LogP) is 4.63. The second-order valence-corrected chi connectivity index (χ2v) is 8.76. The summed E-state index contributed by atoms with van der Waals surface area (Å²) in [7, 11) is 0. The molecule has 1 aliphatic heterocycles. The van der Waals surface area contributed by atoms with Gasteiger partial charge in [0.25, 0.3) is 0 Å². The summed E-state index contributed by atoms with van der Waals surface area (Å²) in [5, 5.41) is 4.25. The van der Waals surface area contributed by atoms with Crippen molar-refractivity contribution < 1.29 is 9.18 Å². The van der Waals surface area contributed by atoms with Crippen molar-refractivity contribution in [2.24, 2.45) is 0 Å². The summed E-state index contributed by atoms with van der Waals surface area (Å²) in [5.74, 6) is 0.636. The van der Waals surface area contributed by atoms with Gasteiger partial charge in [-0.15, -0.1) is 0 Å². The first-order valence-corrected chi connectivity index (χ1v) is 11.6. The van der Waals surface area contributed by atoms with Gasteiger partial charge in [0.15, 0.2) is 5.82 Å². The molecule has 4 rings (SSSR count). The van der Waals surface area contributed by atoms with Crippen LogP contribution in [0.2, 0.25) is 5.02 Å². The normalized spacial score (nSPS) is 13.8. The number of aromatic nitrogens is 2. The predicted molar refractivity (Wildman–Crippen MR) is 128 cm³/mol. The first kappa shape index (κ1) is 22.4. The second kappa shape index (κ2) is 10.2. The zero-order valence-corrected chi connectivity index (χ0v) is 19.2. The number of piperazine rings is 1. The van der Waals surface area contributed by atoms with Crippen molar-refractivity contribution >= 4 is 46.5 Å². The summed E-state index contributed by atoms with van der Waals surface area (Å²) in [6.07, 6.45) is 3.31. The number of carbonyl (C=O) groups excluding carboxylic acids is 1. The molecule has 0 saturated carbocycles. The van der Waals surface area contributed by atoms with E-state index in [0.29, 0.717) is 10.7 Å². The van der Waals surface area contributed by atoms with Crippen LogP contribution in [0.15, 0.2) is 59.9 Å². The molecule has 1 saturated heterocycles. The fraction of sp³-hybridized carbons (Fsp3) is 0.261. The van der Waals surface area contributed by atoms with E-state index >= 15 is 0 Å². The fourth-order valence-electron chi connectivity index (χ4n) is 3.53. The molecule has 1 aromatic heterocycles. The number of hydrogen-bond donors (Lipinski definition) is 1. The second-order valence-electron chi connectivity index (χ2n) is 7.38. The highest BCUT2D eigenvalue weighted by Gasteiger charge is 2.22. The Bertz CT molecular complexity index is 1090. The van der Waals surface area contributed by atoms with Crippen molar-refractivity contribution in [1.29, 1.82) is 0 Å². The molecule has 166 valence electrons. The lowest BCUT2D eigenvalue weighted by Crippen LogP contribution is -2.47. The van der Waals surface area contributed by atoms with Gasteiger partial charge < -0.3 is 15.1 Å². The van der Waals surface area contributed by atoms with Gasteiger partial charge in [-0.05, 0) is 48.9 Å². The van der Waals surface area contributed by atoms with Crippen LogP contribution in [0.5, 0.6) is 0 Å². The van der Waals surface area contributed by atoms with Gasteiger partial charge in [-0.1, -0.05) is 29.4 Å².